The molecule has 0 fully saturated rings. The third kappa shape index (κ3) is 4.42. The number of aromatic amines is 2. The lowest BCUT2D eigenvalue weighted by Crippen LogP contribution is -2.05. The Hall–Kier alpha value is -3.94. The molecule has 4 rings (SSSR count). The van der Waals surface area contributed by atoms with Crippen molar-refractivity contribution in [3.63, 3.8) is 0 Å². The highest BCUT2D eigenvalue weighted by Gasteiger charge is 2.17. The standard InChI is InChI=1S/C17H15NO4.C3H3NO2/c1-11-6-2-5-9-14(11)21-10-12-7-3-4-8-13(12)15-16(19)18-22-17(15)20;5-3-1-2-6-4-3/h2-9,20H,10H2,1H3,(H,18,19);1-2H,(H,4,5). The van der Waals surface area contributed by atoms with E-state index >= 15 is 0 Å². The summed E-state index contributed by atoms with van der Waals surface area (Å²) in [6.07, 6.45) is 1.29. The Bertz CT molecular complexity index is 1130. The Kier molecular flexibility index (Phi) is 5.81. The third-order valence-corrected chi connectivity index (χ3v) is 3.89. The van der Waals surface area contributed by atoms with E-state index in [1.165, 1.54) is 12.3 Å². The number of aryl methyl sites for hydroxylation is 1. The van der Waals surface area contributed by atoms with Gasteiger partial charge in [-0.2, -0.15) is 10.3 Å². The number of rotatable bonds is 4. The molecule has 3 N–H and O–H groups in total. The minimum absolute atomic E-state index is 0.115. The van der Waals surface area contributed by atoms with Crippen molar-refractivity contribution in [2.24, 2.45) is 0 Å². The quantitative estimate of drug-likeness (QED) is 0.498. The van der Waals surface area contributed by atoms with Crippen LogP contribution in [0.4, 0.5) is 0 Å². The molecule has 0 saturated carbocycles. The van der Waals surface area contributed by atoms with Gasteiger partial charge in [0.15, 0.2) is 0 Å². The molecule has 8 nitrogen and oxygen atoms in total. The average Bonchev–Trinajstić information content (AvgIpc) is 3.30. The lowest BCUT2D eigenvalue weighted by atomic mass is 10.0. The van der Waals surface area contributed by atoms with Crippen LogP contribution in [0.3, 0.4) is 0 Å². The minimum atomic E-state index is -0.471. The number of nitrogens with one attached hydrogen (secondary N) is 2. The summed E-state index contributed by atoms with van der Waals surface area (Å²) in [5, 5.41) is 13.9. The van der Waals surface area contributed by atoms with Crippen LogP contribution in [0.15, 0.2) is 79.5 Å². The second kappa shape index (κ2) is 8.63. The monoisotopic (exact) mass is 382 g/mol. The smallest absolute Gasteiger partial charge is 0.317 e. The zero-order chi connectivity index (χ0) is 19.9. The van der Waals surface area contributed by atoms with Gasteiger partial charge in [-0.3, -0.25) is 9.59 Å². The van der Waals surface area contributed by atoms with Crippen molar-refractivity contribution in [2.45, 2.75) is 13.5 Å². The highest BCUT2D eigenvalue weighted by atomic mass is 16.6. The van der Waals surface area contributed by atoms with Gasteiger partial charge in [0.25, 0.3) is 11.1 Å². The van der Waals surface area contributed by atoms with E-state index in [0.717, 1.165) is 16.9 Å². The lowest BCUT2D eigenvalue weighted by molar-refractivity contribution is 0.277. The largest absolute Gasteiger partial charge is 0.489 e. The molecule has 0 aliphatic carbocycles. The van der Waals surface area contributed by atoms with Crippen LogP contribution in [-0.4, -0.2) is 15.4 Å². The van der Waals surface area contributed by atoms with Gasteiger partial charge in [-0.15, -0.1) is 0 Å². The van der Waals surface area contributed by atoms with Crippen LogP contribution in [-0.2, 0) is 6.61 Å². The molecular formula is C20H18N2O6. The van der Waals surface area contributed by atoms with E-state index in [-0.39, 0.29) is 17.7 Å². The van der Waals surface area contributed by atoms with Crippen molar-refractivity contribution in [3.05, 3.63) is 92.7 Å². The maximum atomic E-state index is 11.8. The van der Waals surface area contributed by atoms with Gasteiger partial charge in [0.1, 0.15) is 24.2 Å². The predicted molar refractivity (Wildman–Crippen MR) is 101 cm³/mol. The van der Waals surface area contributed by atoms with E-state index in [0.29, 0.717) is 5.56 Å². The summed E-state index contributed by atoms with van der Waals surface area (Å²) in [5.74, 6) is 0.357. The Morgan fingerprint density at radius 3 is 2.36 bits per heavy atom. The second-order valence-corrected chi connectivity index (χ2v) is 5.81. The highest BCUT2D eigenvalue weighted by Crippen LogP contribution is 2.29. The van der Waals surface area contributed by atoms with Gasteiger partial charge in [0.05, 0.1) is 0 Å². The van der Waals surface area contributed by atoms with Crippen LogP contribution >= 0.6 is 0 Å². The fraction of sp³-hybridized carbons (Fsp3) is 0.100. The van der Waals surface area contributed by atoms with E-state index in [9.17, 15) is 14.7 Å². The number of H-pyrrole nitrogens is 2. The van der Waals surface area contributed by atoms with Crippen LogP contribution in [0.2, 0.25) is 0 Å². The molecule has 0 amide bonds. The Balaban J connectivity index is 0.000000320. The first-order valence-electron chi connectivity index (χ1n) is 8.35. The Morgan fingerprint density at radius 1 is 1.00 bits per heavy atom. The second-order valence-electron chi connectivity index (χ2n) is 5.81. The molecule has 2 aromatic carbocycles. The molecule has 2 aromatic heterocycles. The molecule has 0 aliphatic heterocycles. The van der Waals surface area contributed by atoms with Gasteiger partial charge in [0, 0.05) is 11.6 Å². The number of ether oxygens (including phenoxy) is 1. The number of hydrogen-bond donors (Lipinski definition) is 3. The van der Waals surface area contributed by atoms with Crippen molar-refractivity contribution in [1.82, 2.24) is 10.3 Å². The summed E-state index contributed by atoms with van der Waals surface area (Å²) in [6, 6.07) is 16.2. The summed E-state index contributed by atoms with van der Waals surface area (Å²) in [4.78, 5) is 21.7. The van der Waals surface area contributed by atoms with Gasteiger partial charge < -0.3 is 18.9 Å². The molecule has 8 heteroatoms. The lowest BCUT2D eigenvalue weighted by Gasteiger charge is -2.11. The fourth-order valence-electron chi connectivity index (χ4n) is 2.52. The topological polar surface area (TPSA) is 121 Å². The molecule has 2 heterocycles. The van der Waals surface area contributed by atoms with E-state index in [4.69, 9.17) is 4.74 Å². The first kappa shape index (κ1) is 18.8. The molecule has 0 radical (unpaired) electrons. The van der Waals surface area contributed by atoms with E-state index < -0.39 is 11.5 Å². The van der Waals surface area contributed by atoms with Crippen LogP contribution < -0.4 is 15.9 Å². The maximum absolute atomic E-state index is 11.8. The van der Waals surface area contributed by atoms with Crippen LogP contribution in [0, 0.1) is 6.92 Å². The molecule has 0 unspecified atom stereocenters. The summed E-state index contributed by atoms with van der Waals surface area (Å²) in [6.45, 7) is 2.25. The minimum Gasteiger partial charge on any atom is -0.489 e. The molecule has 0 atom stereocenters. The number of para-hydroxylation sites is 1. The molecule has 4 aromatic rings. The zero-order valence-electron chi connectivity index (χ0n) is 15.0. The normalized spacial score (nSPS) is 10.2. The van der Waals surface area contributed by atoms with Gasteiger partial charge in [-0.25, -0.2) is 0 Å². The Morgan fingerprint density at radius 2 is 1.75 bits per heavy atom. The van der Waals surface area contributed by atoms with Crippen molar-refractivity contribution in [2.75, 3.05) is 0 Å². The highest BCUT2D eigenvalue weighted by molar-refractivity contribution is 5.70. The molecular weight excluding hydrogens is 364 g/mol. The summed E-state index contributed by atoms with van der Waals surface area (Å²) < 4.78 is 14.8. The van der Waals surface area contributed by atoms with E-state index in [1.54, 1.807) is 12.1 Å². The van der Waals surface area contributed by atoms with Gasteiger partial charge in [-0.1, -0.05) is 42.5 Å². The first-order valence-corrected chi connectivity index (χ1v) is 8.35. The summed E-state index contributed by atoms with van der Waals surface area (Å²) in [7, 11) is 0. The molecule has 0 saturated heterocycles. The average molecular weight is 382 g/mol. The number of benzene rings is 2. The SMILES string of the molecule is Cc1ccccc1OCc1ccccc1-c1c(O)o[nH]c1=O.O=c1cco[nH]1. The maximum Gasteiger partial charge on any atom is 0.317 e. The van der Waals surface area contributed by atoms with E-state index in [1.807, 2.05) is 43.3 Å². The van der Waals surface area contributed by atoms with Crippen molar-refractivity contribution < 1.29 is 18.9 Å². The van der Waals surface area contributed by atoms with Crippen molar-refractivity contribution >= 4 is 0 Å². The molecule has 144 valence electrons. The molecule has 0 aliphatic rings. The Labute approximate surface area is 158 Å². The van der Waals surface area contributed by atoms with Crippen molar-refractivity contribution in [3.8, 4) is 22.8 Å². The zero-order valence-corrected chi connectivity index (χ0v) is 15.0. The van der Waals surface area contributed by atoms with E-state index in [2.05, 4.69) is 19.4 Å². The van der Waals surface area contributed by atoms with Crippen LogP contribution in [0.1, 0.15) is 11.1 Å². The molecule has 0 spiro atoms. The first-order chi connectivity index (χ1) is 13.6. The third-order valence-electron chi connectivity index (χ3n) is 3.89. The predicted octanol–water partition coefficient (Wildman–Crippen LogP) is 3.20. The summed E-state index contributed by atoms with van der Waals surface area (Å²) >= 11 is 0. The summed E-state index contributed by atoms with van der Waals surface area (Å²) in [5.41, 5.74) is 1.85. The number of aromatic hydroxyl groups is 1. The van der Waals surface area contributed by atoms with Gasteiger partial charge in [-0.05, 0) is 24.1 Å². The van der Waals surface area contributed by atoms with Gasteiger partial charge in [0.2, 0.25) is 0 Å². The van der Waals surface area contributed by atoms with Crippen LogP contribution in [0.25, 0.3) is 11.1 Å². The van der Waals surface area contributed by atoms with Crippen LogP contribution in [0.5, 0.6) is 11.7 Å². The fourth-order valence-corrected chi connectivity index (χ4v) is 2.52. The van der Waals surface area contributed by atoms with Crippen molar-refractivity contribution in [1.29, 1.82) is 0 Å². The number of aromatic nitrogens is 2. The van der Waals surface area contributed by atoms with Gasteiger partial charge >= 0.3 is 5.95 Å². The molecule has 0 bridgehead atoms. The molecule has 28 heavy (non-hydrogen) atoms. The number of hydrogen-bond acceptors (Lipinski definition) is 6.